The normalized spacial score (nSPS) is 12.9. The fraction of sp³-hybridized carbons (Fsp3) is 0.400. The first-order chi connectivity index (χ1) is 9.29. The number of rotatable bonds is 7. The molecule has 0 fully saturated rings. The lowest BCUT2D eigenvalue weighted by Gasteiger charge is -2.08. The van der Waals surface area contributed by atoms with Crippen LogP contribution in [0.1, 0.15) is 16.1 Å². The van der Waals surface area contributed by atoms with E-state index < -0.39 is 28.1 Å². The van der Waals surface area contributed by atoms with Gasteiger partial charge in [0.25, 0.3) is 0 Å². The van der Waals surface area contributed by atoms with Crippen molar-refractivity contribution in [1.82, 2.24) is 4.72 Å². The van der Waals surface area contributed by atoms with Crippen molar-refractivity contribution < 1.29 is 33.0 Å². The number of hydrogen-bond donors (Lipinski definition) is 3. The maximum Gasteiger partial charge on any atom is 0.349 e. The zero-order valence-corrected chi connectivity index (χ0v) is 12.0. The van der Waals surface area contributed by atoms with Gasteiger partial charge in [0.15, 0.2) is 6.10 Å². The van der Waals surface area contributed by atoms with E-state index in [1.165, 1.54) is 11.4 Å². The second-order valence-electron chi connectivity index (χ2n) is 3.65. The van der Waals surface area contributed by atoms with E-state index in [0.717, 1.165) is 18.4 Å². The van der Waals surface area contributed by atoms with Crippen molar-refractivity contribution in [3.63, 3.8) is 0 Å². The Hall–Kier alpha value is -1.49. The second kappa shape index (κ2) is 6.79. The molecule has 0 bridgehead atoms. The van der Waals surface area contributed by atoms with E-state index in [4.69, 9.17) is 10.2 Å². The minimum atomic E-state index is -3.97. The van der Waals surface area contributed by atoms with Crippen LogP contribution in [-0.2, 0) is 19.6 Å². The van der Waals surface area contributed by atoms with Crippen LogP contribution in [0, 0.1) is 0 Å². The number of aliphatic hydroxyl groups excluding tert-OH is 1. The molecule has 0 amide bonds. The summed E-state index contributed by atoms with van der Waals surface area (Å²) in [5, 5.41) is 18.9. The third-order valence-electron chi connectivity index (χ3n) is 2.28. The summed E-state index contributed by atoms with van der Waals surface area (Å²) in [6, 6.07) is 1.24. The number of carboxylic acids is 1. The number of hydrogen-bond acceptors (Lipinski definition) is 7. The number of ether oxygens (including phenoxy) is 1. The lowest BCUT2D eigenvalue weighted by Crippen LogP contribution is -2.30. The van der Waals surface area contributed by atoms with Crippen LogP contribution in [0.25, 0.3) is 0 Å². The molecule has 1 atom stereocenters. The fourth-order valence-corrected chi connectivity index (χ4v) is 3.66. The van der Waals surface area contributed by atoms with Gasteiger partial charge in [-0.05, 0) is 17.9 Å². The Bertz CT molecular complexity index is 593. The van der Waals surface area contributed by atoms with E-state index in [1.54, 1.807) is 0 Å². The molecule has 0 aliphatic heterocycles. The number of aliphatic hydroxyl groups is 1. The van der Waals surface area contributed by atoms with Gasteiger partial charge < -0.3 is 14.9 Å². The van der Waals surface area contributed by atoms with E-state index in [0.29, 0.717) is 0 Å². The molecular formula is C10H13NO7S2. The first kappa shape index (κ1) is 16.6. The van der Waals surface area contributed by atoms with E-state index in [9.17, 15) is 18.0 Å². The Kier molecular flexibility index (Phi) is 5.62. The van der Waals surface area contributed by atoms with Gasteiger partial charge in [-0.3, -0.25) is 0 Å². The van der Waals surface area contributed by atoms with Gasteiger partial charge in [0.05, 0.1) is 7.11 Å². The summed E-state index contributed by atoms with van der Waals surface area (Å²) in [4.78, 5) is 21.5. The summed E-state index contributed by atoms with van der Waals surface area (Å²) < 4.78 is 30.5. The predicted molar refractivity (Wildman–Crippen MR) is 69.1 cm³/mol. The predicted octanol–water partition coefficient (Wildman–Crippen LogP) is -0.351. The highest BCUT2D eigenvalue weighted by molar-refractivity contribution is 7.89. The van der Waals surface area contributed by atoms with Gasteiger partial charge in [-0.1, -0.05) is 0 Å². The largest absolute Gasteiger partial charge is 0.479 e. The van der Waals surface area contributed by atoms with Crippen molar-refractivity contribution in [2.75, 3.05) is 13.7 Å². The van der Waals surface area contributed by atoms with Gasteiger partial charge in [0.1, 0.15) is 9.77 Å². The summed E-state index contributed by atoms with van der Waals surface area (Å²) in [6.07, 6.45) is -1.94. The van der Waals surface area contributed by atoms with Crippen molar-refractivity contribution in [2.24, 2.45) is 0 Å². The van der Waals surface area contributed by atoms with Crippen LogP contribution in [0.2, 0.25) is 0 Å². The van der Waals surface area contributed by atoms with E-state index in [2.05, 4.69) is 9.46 Å². The van der Waals surface area contributed by atoms with Crippen molar-refractivity contribution in [2.45, 2.75) is 17.4 Å². The third kappa shape index (κ3) is 4.00. The summed E-state index contributed by atoms with van der Waals surface area (Å²) in [7, 11) is -2.83. The zero-order valence-electron chi connectivity index (χ0n) is 10.4. The molecule has 1 rings (SSSR count). The minimum absolute atomic E-state index is 0.0706. The summed E-state index contributed by atoms with van der Waals surface area (Å²) in [5.41, 5.74) is 0. The molecule has 0 aromatic carbocycles. The molecule has 0 spiro atoms. The summed E-state index contributed by atoms with van der Waals surface area (Å²) in [6.45, 7) is -0.272. The third-order valence-corrected chi connectivity index (χ3v) is 4.81. The van der Waals surface area contributed by atoms with Gasteiger partial charge in [0.2, 0.25) is 10.0 Å². The summed E-state index contributed by atoms with van der Waals surface area (Å²) in [5.74, 6) is -2.21. The smallest absolute Gasteiger partial charge is 0.349 e. The minimum Gasteiger partial charge on any atom is -0.479 e. The standard InChI is InChI=1S/C10H13NO7S2/c1-18-10(15)8-7(3-5-19-8)20(16,17)11-4-2-6(12)9(13)14/h3,5-6,11-12H,2,4H2,1H3,(H,13,14). The average molecular weight is 323 g/mol. The molecule has 112 valence electrons. The monoisotopic (exact) mass is 323 g/mol. The van der Waals surface area contributed by atoms with Crippen LogP contribution in [0.15, 0.2) is 16.3 Å². The van der Waals surface area contributed by atoms with Crippen LogP contribution < -0.4 is 4.72 Å². The molecule has 0 radical (unpaired) electrons. The molecule has 3 N–H and O–H groups in total. The molecule has 0 aliphatic rings. The van der Waals surface area contributed by atoms with Crippen molar-refractivity contribution in [3.05, 3.63) is 16.3 Å². The quantitative estimate of drug-likeness (QED) is 0.585. The SMILES string of the molecule is COC(=O)c1sccc1S(=O)(=O)NCCC(O)C(=O)O. The van der Waals surface area contributed by atoms with Gasteiger partial charge >= 0.3 is 11.9 Å². The van der Waals surface area contributed by atoms with Gasteiger partial charge in [-0.25, -0.2) is 22.7 Å². The molecule has 20 heavy (non-hydrogen) atoms. The van der Waals surface area contributed by atoms with Crippen molar-refractivity contribution in [1.29, 1.82) is 0 Å². The Labute approximate surface area is 119 Å². The van der Waals surface area contributed by atoms with Crippen LogP contribution in [0.4, 0.5) is 0 Å². The van der Waals surface area contributed by atoms with Gasteiger partial charge in [-0.2, -0.15) is 0 Å². The number of nitrogens with one attached hydrogen (secondary N) is 1. The lowest BCUT2D eigenvalue weighted by atomic mass is 10.3. The average Bonchev–Trinajstić information content (AvgIpc) is 2.87. The number of sulfonamides is 1. The highest BCUT2D eigenvalue weighted by Gasteiger charge is 2.24. The Morgan fingerprint density at radius 3 is 2.70 bits per heavy atom. The molecule has 8 nitrogen and oxygen atoms in total. The Morgan fingerprint density at radius 1 is 1.50 bits per heavy atom. The number of carboxylic acid groups (broad SMARTS) is 1. The first-order valence-corrected chi connectivity index (χ1v) is 7.72. The number of methoxy groups -OCH3 is 1. The highest BCUT2D eigenvalue weighted by atomic mass is 32.2. The molecule has 0 saturated carbocycles. The van der Waals surface area contributed by atoms with Crippen LogP contribution >= 0.6 is 11.3 Å². The highest BCUT2D eigenvalue weighted by Crippen LogP contribution is 2.22. The summed E-state index contributed by atoms with van der Waals surface area (Å²) >= 11 is 0.917. The maximum atomic E-state index is 11.9. The van der Waals surface area contributed by atoms with Gasteiger partial charge in [-0.15, -0.1) is 11.3 Å². The molecule has 0 saturated heterocycles. The molecule has 10 heteroatoms. The second-order valence-corrected chi connectivity index (χ2v) is 6.30. The number of aliphatic carboxylic acids is 1. The van der Waals surface area contributed by atoms with Crippen LogP contribution in [0.3, 0.4) is 0 Å². The molecule has 1 heterocycles. The lowest BCUT2D eigenvalue weighted by molar-refractivity contribution is -0.146. The molecular weight excluding hydrogens is 310 g/mol. The maximum absolute atomic E-state index is 11.9. The van der Waals surface area contributed by atoms with E-state index >= 15 is 0 Å². The Morgan fingerprint density at radius 2 is 2.15 bits per heavy atom. The number of carbonyl (C=O) groups is 2. The molecule has 0 aliphatic carbocycles. The van der Waals surface area contributed by atoms with E-state index in [1.807, 2.05) is 0 Å². The van der Waals surface area contributed by atoms with Crippen LogP contribution in [-0.4, -0.2) is 50.3 Å². The zero-order chi connectivity index (χ0) is 15.3. The number of esters is 1. The molecule has 1 aromatic rings. The van der Waals surface area contributed by atoms with Gasteiger partial charge in [0, 0.05) is 6.54 Å². The van der Waals surface area contributed by atoms with E-state index in [-0.39, 0.29) is 22.7 Å². The fourth-order valence-electron chi connectivity index (χ4n) is 1.28. The Balaban J connectivity index is 2.77. The number of thiophene rings is 1. The van der Waals surface area contributed by atoms with Crippen LogP contribution in [0.5, 0.6) is 0 Å². The molecule has 1 unspecified atom stereocenters. The van der Waals surface area contributed by atoms with Crippen molar-refractivity contribution >= 4 is 33.3 Å². The molecule has 1 aromatic heterocycles. The topological polar surface area (TPSA) is 130 Å². The first-order valence-electron chi connectivity index (χ1n) is 5.36. The number of carbonyl (C=O) groups excluding carboxylic acids is 1. The van der Waals surface area contributed by atoms with Crippen molar-refractivity contribution in [3.8, 4) is 0 Å².